The molecule has 33 heavy (non-hydrogen) atoms. The Kier molecular flexibility index (Phi) is 6.95. The molecule has 0 unspecified atom stereocenters. The van der Waals surface area contributed by atoms with Crippen LogP contribution in [0.1, 0.15) is 5.56 Å². The molecule has 0 N–H and O–H groups in total. The van der Waals surface area contributed by atoms with Gasteiger partial charge in [0.2, 0.25) is 0 Å². The molecular formula is C19H13ClN4O7S2. The van der Waals surface area contributed by atoms with Crippen LogP contribution in [0, 0.1) is 20.2 Å². The Balaban J connectivity index is 2.01. The molecule has 11 nitrogen and oxygen atoms in total. The van der Waals surface area contributed by atoms with Crippen LogP contribution in [-0.4, -0.2) is 40.8 Å². The number of halogens is 1. The third kappa shape index (κ3) is 5.27. The number of thioether (sulfide) groups is 1. The SMILES string of the molecule is C=CCN1C(=O)C(=Cc2cc([N+](=O)[O-])ccc2Cl)SC1=NS(=O)(=O)c1ccc([N+](=O)[O-])cc1. The molecule has 3 rings (SSSR count). The summed E-state index contributed by atoms with van der Waals surface area (Å²) in [5, 5.41) is 21.8. The number of carbonyl (C=O) groups is 1. The van der Waals surface area contributed by atoms with Gasteiger partial charge in [-0.05, 0) is 36.0 Å². The average Bonchev–Trinajstić information content (AvgIpc) is 3.03. The molecule has 2 aromatic carbocycles. The van der Waals surface area contributed by atoms with Crippen molar-refractivity contribution in [1.82, 2.24) is 4.90 Å². The van der Waals surface area contributed by atoms with Gasteiger partial charge in [0.25, 0.3) is 27.3 Å². The fourth-order valence-electron chi connectivity index (χ4n) is 2.66. The zero-order valence-electron chi connectivity index (χ0n) is 16.5. The molecule has 2 aromatic rings. The van der Waals surface area contributed by atoms with Gasteiger partial charge >= 0.3 is 0 Å². The van der Waals surface area contributed by atoms with E-state index in [2.05, 4.69) is 11.0 Å². The quantitative estimate of drug-likeness (QED) is 0.235. The number of nitro groups is 2. The van der Waals surface area contributed by atoms with E-state index in [9.17, 15) is 33.4 Å². The highest BCUT2D eigenvalue weighted by Crippen LogP contribution is 2.35. The van der Waals surface area contributed by atoms with Crippen molar-refractivity contribution < 1.29 is 23.1 Å². The second-order valence-electron chi connectivity index (χ2n) is 6.38. The molecule has 1 aliphatic rings. The first-order valence-electron chi connectivity index (χ1n) is 8.89. The number of benzene rings is 2. The molecule has 0 saturated carbocycles. The number of sulfonamides is 1. The standard InChI is InChI=1S/C19H13ClN4O7S2/c1-2-9-22-18(25)17(11-12-10-14(24(28)29)5-8-16(12)20)32-19(22)21-33(30,31)15-6-3-13(4-7-15)23(26)27/h2-8,10-11H,1,9H2. The van der Waals surface area contributed by atoms with E-state index in [1.54, 1.807) is 0 Å². The average molecular weight is 509 g/mol. The second kappa shape index (κ2) is 9.52. The molecular weight excluding hydrogens is 496 g/mol. The first-order valence-corrected chi connectivity index (χ1v) is 11.5. The van der Waals surface area contributed by atoms with Gasteiger partial charge in [-0.3, -0.25) is 29.9 Å². The summed E-state index contributed by atoms with van der Waals surface area (Å²) in [4.78, 5) is 34.2. The highest BCUT2D eigenvalue weighted by molar-refractivity contribution is 8.19. The zero-order chi connectivity index (χ0) is 24.3. The van der Waals surface area contributed by atoms with Crippen LogP contribution < -0.4 is 0 Å². The topological polar surface area (TPSA) is 153 Å². The van der Waals surface area contributed by atoms with Gasteiger partial charge in [0.15, 0.2) is 5.17 Å². The first-order chi connectivity index (χ1) is 15.5. The van der Waals surface area contributed by atoms with Crippen molar-refractivity contribution in [3.8, 4) is 0 Å². The Morgan fingerprint density at radius 3 is 2.27 bits per heavy atom. The van der Waals surface area contributed by atoms with E-state index in [0.29, 0.717) is 0 Å². The minimum Gasteiger partial charge on any atom is -0.282 e. The Hall–Kier alpha value is -3.55. The van der Waals surface area contributed by atoms with Crippen molar-refractivity contribution in [2.24, 2.45) is 4.40 Å². The van der Waals surface area contributed by atoms with Crippen molar-refractivity contribution in [3.05, 3.63) is 90.8 Å². The largest absolute Gasteiger partial charge is 0.284 e. The maximum Gasteiger partial charge on any atom is 0.284 e. The molecule has 1 fully saturated rings. The van der Waals surface area contributed by atoms with Crippen molar-refractivity contribution >= 4 is 61.9 Å². The van der Waals surface area contributed by atoms with Crippen LogP contribution in [0.4, 0.5) is 11.4 Å². The van der Waals surface area contributed by atoms with E-state index in [1.165, 1.54) is 30.4 Å². The molecule has 1 heterocycles. The fraction of sp³-hybridized carbons (Fsp3) is 0.0526. The monoisotopic (exact) mass is 508 g/mol. The van der Waals surface area contributed by atoms with Crippen LogP contribution in [0.5, 0.6) is 0 Å². The van der Waals surface area contributed by atoms with Crippen LogP contribution in [0.25, 0.3) is 6.08 Å². The maximum atomic E-state index is 12.8. The molecule has 1 saturated heterocycles. The summed E-state index contributed by atoms with van der Waals surface area (Å²) < 4.78 is 29.1. The third-order valence-corrected chi connectivity index (χ3v) is 6.97. The number of carbonyl (C=O) groups excluding carboxylic acids is 1. The Bertz CT molecular complexity index is 1340. The van der Waals surface area contributed by atoms with Crippen molar-refractivity contribution in [3.63, 3.8) is 0 Å². The smallest absolute Gasteiger partial charge is 0.282 e. The Morgan fingerprint density at radius 1 is 1.09 bits per heavy atom. The summed E-state index contributed by atoms with van der Waals surface area (Å²) >= 11 is 6.83. The number of rotatable bonds is 7. The van der Waals surface area contributed by atoms with Gasteiger partial charge in [-0.2, -0.15) is 8.42 Å². The van der Waals surface area contributed by atoms with E-state index in [-0.39, 0.29) is 43.5 Å². The predicted molar refractivity (Wildman–Crippen MR) is 123 cm³/mol. The minimum absolute atomic E-state index is 0.0388. The van der Waals surface area contributed by atoms with Gasteiger partial charge < -0.3 is 0 Å². The van der Waals surface area contributed by atoms with Gasteiger partial charge in [0.1, 0.15) is 0 Å². The van der Waals surface area contributed by atoms with Crippen LogP contribution in [0.15, 0.2) is 69.3 Å². The summed E-state index contributed by atoms with van der Waals surface area (Å²) in [6.07, 6.45) is 2.68. The number of hydrogen-bond acceptors (Lipinski definition) is 8. The van der Waals surface area contributed by atoms with Crippen LogP contribution in [0.3, 0.4) is 0 Å². The summed E-state index contributed by atoms with van der Waals surface area (Å²) in [5.41, 5.74) is -0.335. The number of nitrogens with zero attached hydrogens (tertiary/aromatic N) is 4. The van der Waals surface area contributed by atoms with Crippen molar-refractivity contribution in [2.75, 3.05) is 6.54 Å². The zero-order valence-corrected chi connectivity index (χ0v) is 18.8. The summed E-state index contributed by atoms with van der Waals surface area (Å²) in [7, 11) is -4.31. The van der Waals surface area contributed by atoms with Crippen LogP contribution in [-0.2, 0) is 14.8 Å². The summed E-state index contributed by atoms with van der Waals surface area (Å²) in [6.45, 7) is 3.49. The van der Waals surface area contributed by atoms with Crippen molar-refractivity contribution in [1.29, 1.82) is 0 Å². The van der Waals surface area contributed by atoms with Gasteiger partial charge in [-0.1, -0.05) is 17.7 Å². The highest BCUT2D eigenvalue weighted by Gasteiger charge is 2.34. The molecule has 14 heteroatoms. The molecule has 0 atom stereocenters. The van der Waals surface area contributed by atoms with Gasteiger partial charge in [0.05, 0.1) is 19.6 Å². The lowest BCUT2D eigenvalue weighted by Crippen LogP contribution is -2.29. The lowest BCUT2D eigenvalue weighted by Gasteiger charge is -2.12. The second-order valence-corrected chi connectivity index (χ2v) is 9.40. The molecule has 0 aliphatic carbocycles. The molecule has 1 amide bonds. The van der Waals surface area contributed by atoms with Gasteiger partial charge in [-0.15, -0.1) is 11.0 Å². The van der Waals surface area contributed by atoms with E-state index >= 15 is 0 Å². The summed E-state index contributed by atoms with van der Waals surface area (Å²) in [6, 6.07) is 7.83. The lowest BCUT2D eigenvalue weighted by atomic mass is 10.2. The normalized spacial score (nSPS) is 16.4. The fourth-order valence-corrected chi connectivity index (χ4v) is 5.01. The number of hydrogen-bond donors (Lipinski definition) is 0. The molecule has 0 aromatic heterocycles. The Morgan fingerprint density at radius 2 is 1.70 bits per heavy atom. The Labute approximate surface area is 196 Å². The molecule has 0 radical (unpaired) electrons. The van der Waals surface area contributed by atoms with E-state index < -0.39 is 25.8 Å². The van der Waals surface area contributed by atoms with E-state index in [1.807, 2.05) is 0 Å². The van der Waals surface area contributed by atoms with Gasteiger partial charge in [-0.25, -0.2) is 0 Å². The molecule has 1 aliphatic heterocycles. The number of amides is 1. The van der Waals surface area contributed by atoms with Gasteiger partial charge in [0, 0.05) is 41.4 Å². The maximum absolute atomic E-state index is 12.8. The predicted octanol–water partition coefficient (Wildman–Crippen LogP) is 4.00. The summed E-state index contributed by atoms with van der Waals surface area (Å²) in [5.74, 6) is -0.597. The molecule has 170 valence electrons. The third-order valence-electron chi connectivity index (χ3n) is 4.22. The lowest BCUT2D eigenvalue weighted by molar-refractivity contribution is -0.385. The minimum atomic E-state index is -4.31. The number of nitro benzene ring substituents is 2. The highest BCUT2D eigenvalue weighted by atomic mass is 35.5. The first kappa shape index (κ1) is 24.1. The van der Waals surface area contributed by atoms with Crippen LogP contribution in [0.2, 0.25) is 5.02 Å². The number of amidine groups is 1. The molecule has 0 bridgehead atoms. The van der Waals surface area contributed by atoms with E-state index in [4.69, 9.17) is 11.6 Å². The molecule has 0 spiro atoms. The van der Waals surface area contributed by atoms with Crippen LogP contribution >= 0.6 is 23.4 Å². The number of non-ortho nitro benzene ring substituents is 2. The van der Waals surface area contributed by atoms with Crippen molar-refractivity contribution in [2.45, 2.75) is 4.90 Å². The van der Waals surface area contributed by atoms with E-state index in [0.717, 1.165) is 40.9 Å².